The first-order valence-corrected chi connectivity index (χ1v) is 27.1. The van der Waals surface area contributed by atoms with Crippen molar-refractivity contribution in [3.63, 3.8) is 0 Å². The Hall–Kier alpha value is -9.58. The lowest BCUT2D eigenvalue weighted by molar-refractivity contribution is 0.591. The Morgan fingerprint density at radius 2 is 0.859 bits per heavy atom. The Labute approximate surface area is 457 Å². The quantitative estimate of drug-likeness (QED) is 0.134. The SMILES string of the molecule is Cc1cc2c3c(c1)N(c1cc(-c4ccccc4)cc(-c4ccccc4)c1)c1cc(N(c4ccccc4)c4ccccc4)ccc1B3c1cc(C(C)(C)C)ccc1N2c1cc(-c2ccccc2)cc(-c2cc3ccccc3o2)c1. The van der Waals surface area contributed by atoms with E-state index < -0.39 is 0 Å². The van der Waals surface area contributed by atoms with Crippen molar-refractivity contribution in [3.05, 3.63) is 278 Å². The van der Waals surface area contributed by atoms with Gasteiger partial charge in [0.25, 0.3) is 6.71 Å². The average molecular weight is 1000 g/mol. The molecule has 0 unspecified atom stereocenters. The van der Waals surface area contributed by atoms with Gasteiger partial charge in [0, 0.05) is 62.1 Å². The minimum absolute atomic E-state index is 0.107. The lowest BCUT2D eigenvalue weighted by atomic mass is 9.33. The first kappa shape index (κ1) is 46.9. The molecule has 78 heavy (non-hydrogen) atoms. The molecule has 4 nitrogen and oxygen atoms in total. The van der Waals surface area contributed by atoms with Crippen molar-refractivity contribution in [2.24, 2.45) is 0 Å². The van der Waals surface area contributed by atoms with E-state index in [0.717, 1.165) is 95.7 Å². The van der Waals surface area contributed by atoms with Crippen molar-refractivity contribution in [3.8, 4) is 44.7 Å². The number of nitrogens with zero attached hydrogens (tertiary/aromatic N) is 3. The molecule has 12 aromatic rings. The van der Waals surface area contributed by atoms with Crippen LogP contribution in [0.2, 0.25) is 0 Å². The summed E-state index contributed by atoms with van der Waals surface area (Å²) >= 11 is 0. The highest BCUT2D eigenvalue weighted by atomic mass is 16.3. The maximum atomic E-state index is 6.70. The largest absolute Gasteiger partial charge is 0.456 e. The zero-order valence-electron chi connectivity index (χ0n) is 44.2. The molecule has 0 bridgehead atoms. The molecule has 0 amide bonds. The number of rotatable bonds is 9. The Kier molecular flexibility index (Phi) is 11.4. The van der Waals surface area contributed by atoms with E-state index >= 15 is 0 Å². The van der Waals surface area contributed by atoms with Crippen LogP contribution >= 0.6 is 0 Å². The normalized spacial score (nSPS) is 12.5. The minimum atomic E-state index is -0.108. The maximum absolute atomic E-state index is 6.70. The van der Waals surface area contributed by atoms with Gasteiger partial charge >= 0.3 is 0 Å². The number of hydrogen-bond acceptors (Lipinski definition) is 4. The summed E-state index contributed by atoms with van der Waals surface area (Å²) in [7, 11) is 0. The van der Waals surface area contributed by atoms with E-state index in [4.69, 9.17) is 4.42 Å². The molecule has 14 rings (SSSR count). The summed E-state index contributed by atoms with van der Waals surface area (Å²) in [6, 6.07) is 97.9. The van der Waals surface area contributed by atoms with Crippen LogP contribution in [0.1, 0.15) is 31.9 Å². The van der Waals surface area contributed by atoms with Gasteiger partial charge in [-0.1, -0.05) is 185 Å². The molecule has 0 atom stereocenters. The van der Waals surface area contributed by atoms with Gasteiger partial charge in [-0.3, -0.25) is 0 Å². The van der Waals surface area contributed by atoms with Crippen LogP contribution in [-0.4, -0.2) is 6.71 Å². The number of benzene rings is 11. The van der Waals surface area contributed by atoms with E-state index in [1.807, 2.05) is 6.07 Å². The van der Waals surface area contributed by atoms with Gasteiger partial charge in [0.15, 0.2) is 0 Å². The molecule has 1 aromatic heterocycles. The molecule has 0 aliphatic carbocycles. The monoisotopic (exact) mass is 1000 g/mol. The second-order valence-corrected chi connectivity index (χ2v) is 21.9. The highest BCUT2D eigenvalue weighted by molar-refractivity contribution is 7.00. The number of anilines is 9. The van der Waals surface area contributed by atoms with Crippen LogP contribution in [0.4, 0.5) is 51.2 Å². The molecule has 0 saturated heterocycles. The number of aryl methyl sites for hydroxylation is 1. The van der Waals surface area contributed by atoms with Gasteiger partial charge < -0.3 is 19.1 Å². The first-order valence-electron chi connectivity index (χ1n) is 27.1. The highest BCUT2D eigenvalue weighted by Crippen LogP contribution is 2.49. The molecule has 3 heterocycles. The predicted molar refractivity (Wildman–Crippen MR) is 330 cm³/mol. The van der Waals surface area contributed by atoms with Crippen LogP contribution in [0.5, 0.6) is 0 Å². The summed E-state index contributed by atoms with van der Waals surface area (Å²) < 4.78 is 6.70. The highest BCUT2D eigenvalue weighted by Gasteiger charge is 2.44. The predicted octanol–water partition coefficient (Wildman–Crippen LogP) is 18.3. The third-order valence-electron chi connectivity index (χ3n) is 15.7. The fourth-order valence-electron chi connectivity index (χ4n) is 12.0. The average Bonchev–Trinajstić information content (AvgIpc) is 4.04. The van der Waals surface area contributed by atoms with Gasteiger partial charge in [0.05, 0.1) is 0 Å². The summed E-state index contributed by atoms with van der Waals surface area (Å²) in [6.45, 7) is 9.14. The summed E-state index contributed by atoms with van der Waals surface area (Å²) in [5.41, 5.74) is 25.0. The number of para-hydroxylation sites is 3. The van der Waals surface area contributed by atoms with Crippen molar-refractivity contribution < 1.29 is 4.42 Å². The Bertz CT molecular complexity index is 4080. The molecule has 0 fully saturated rings. The number of hydrogen-bond donors (Lipinski definition) is 0. The lowest BCUT2D eigenvalue weighted by Crippen LogP contribution is -2.61. The maximum Gasteiger partial charge on any atom is 0.252 e. The fraction of sp³-hybridized carbons (Fsp3) is 0.0685. The van der Waals surface area contributed by atoms with Crippen molar-refractivity contribution in [1.29, 1.82) is 0 Å². The smallest absolute Gasteiger partial charge is 0.252 e. The van der Waals surface area contributed by atoms with Gasteiger partial charge in [-0.15, -0.1) is 0 Å². The second-order valence-electron chi connectivity index (χ2n) is 21.9. The van der Waals surface area contributed by atoms with Crippen LogP contribution in [0.25, 0.3) is 55.7 Å². The molecule has 0 N–H and O–H groups in total. The molecular formula is C73H56BN3O. The minimum Gasteiger partial charge on any atom is -0.456 e. The van der Waals surface area contributed by atoms with Crippen molar-refractivity contribution >= 4 is 85.3 Å². The Morgan fingerprint density at radius 3 is 1.40 bits per heavy atom. The molecule has 2 aliphatic rings. The van der Waals surface area contributed by atoms with Gasteiger partial charge in [-0.25, -0.2) is 0 Å². The van der Waals surface area contributed by atoms with Crippen molar-refractivity contribution in [2.45, 2.75) is 33.1 Å². The molecule has 0 radical (unpaired) electrons. The van der Waals surface area contributed by atoms with Crippen molar-refractivity contribution in [1.82, 2.24) is 0 Å². The molecule has 2 aliphatic heterocycles. The summed E-state index contributed by atoms with van der Waals surface area (Å²) in [4.78, 5) is 7.51. The summed E-state index contributed by atoms with van der Waals surface area (Å²) in [6.07, 6.45) is 0. The summed E-state index contributed by atoms with van der Waals surface area (Å²) in [5, 5.41) is 1.08. The zero-order valence-corrected chi connectivity index (χ0v) is 44.2. The van der Waals surface area contributed by atoms with Crippen LogP contribution in [0.3, 0.4) is 0 Å². The standard InChI is InChI=1S/C73H56BN3O/c1-49-38-68-72-69(39-49)77(62-42-54(50-22-10-5-11-23-50)40-55(43-62)51-24-12-6-13-25-51)67-48-61(75(59-29-16-8-17-30-59)60-31-18-9-19-32-60)35-36-64(67)74(72)65-47-58(73(2,3)4)34-37-66(65)76(68)63-44-56(52-26-14-7-15-27-52)41-57(45-63)71-46-53-28-20-21-33-70(53)78-71/h5-48H,1-4H3. The van der Waals surface area contributed by atoms with Gasteiger partial charge in [0.1, 0.15) is 11.3 Å². The summed E-state index contributed by atoms with van der Waals surface area (Å²) in [5.74, 6) is 0.836. The molecule has 11 aromatic carbocycles. The molecule has 5 heteroatoms. The third kappa shape index (κ3) is 8.27. The van der Waals surface area contributed by atoms with E-state index in [1.165, 1.54) is 38.6 Å². The molecular weight excluding hydrogens is 946 g/mol. The van der Waals surface area contributed by atoms with E-state index in [0.29, 0.717) is 0 Å². The topological polar surface area (TPSA) is 22.9 Å². The van der Waals surface area contributed by atoms with Gasteiger partial charge in [0.2, 0.25) is 0 Å². The van der Waals surface area contributed by atoms with Crippen LogP contribution in [0, 0.1) is 6.92 Å². The second kappa shape index (κ2) is 18.9. The molecule has 0 spiro atoms. The number of furan rings is 1. The first-order chi connectivity index (χ1) is 38.2. The van der Waals surface area contributed by atoms with Gasteiger partial charge in [-0.2, -0.15) is 0 Å². The fourth-order valence-corrected chi connectivity index (χ4v) is 12.0. The van der Waals surface area contributed by atoms with Gasteiger partial charge in [-0.05, 0) is 176 Å². The van der Waals surface area contributed by atoms with E-state index in [9.17, 15) is 0 Å². The molecule has 0 saturated carbocycles. The Balaban J connectivity index is 1.07. The van der Waals surface area contributed by atoms with Crippen molar-refractivity contribution in [2.75, 3.05) is 14.7 Å². The third-order valence-corrected chi connectivity index (χ3v) is 15.7. The number of fused-ring (bicyclic) bond motifs is 5. The lowest BCUT2D eigenvalue weighted by Gasteiger charge is -2.45. The van der Waals surface area contributed by atoms with Crippen LogP contribution < -0.4 is 31.1 Å². The molecule has 372 valence electrons. The van der Waals surface area contributed by atoms with Crippen LogP contribution in [0.15, 0.2) is 271 Å². The van der Waals surface area contributed by atoms with Crippen LogP contribution in [-0.2, 0) is 5.41 Å². The van der Waals surface area contributed by atoms with E-state index in [-0.39, 0.29) is 12.1 Å². The van der Waals surface area contributed by atoms with E-state index in [1.54, 1.807) is 0 Å². The van der Waals surface area contributed by atoms with E-state index in [2.05, 4.69) is 303 Å². The zero-order chi connectivity index (χ0) is 52.5. The Morgan fingerprint density at radius 1 is 0.372 bits per heavy atom.